The van der Waals surface area contributed by atoms with E-state index in [4.69, 9.17) is 16.0 Å². The van der Waals surface area contributed by atoms with Crippen molar-refractivity contribution < 1.29 is 4.42 Å². The van der Waals surface area contributed by atoms with Crippen molar-refractivity contribution >= 4 is 38.5 Å². The predicted molar refractivity (Wildman–Crippen MR) is 84.1 cm³/mol. The molecule has 3 aromatic rings. The van der Waals surface area contributed by atoms with E-state index in [1.165, 1.54) is 0 Å². The van der Waals surface area contributed by atoms with Gasteiger partial charge in [-0.2, -0.15) is 0 Å². The van der Waals surface area contributed by atoms with Gasteiger partial charge < -0.3 is 9.73 Å². The van der Waals surface area contributed by atoms with Gasteiger partial charge in [-0.05, 0) is 47.2 Å². The maximum absolute atomic E-state index is 6.16. The molecule has 5 heteroatoms. The Labute approximate surface area is 130 Å². The first kappa shape index (κ1) is 13.6. The summed E-state index contributed by atoms with van der Waals surface area (Å²) in [5.41, 5.74) is 1.58. The quantitative estimate of drug-likeness (QED) is 0.752. The van der Waals surface area contributed by atoms with Gasteiger partial charge in [-0.3, -0.25) is 4.98 Å². The highest BCUT2D eigenvalue weighted by molar-refractivity contribution is 9.10. The highest BCUT2D eigenvalue weighted by atomic mass is 79.9. The minimum absolute atomic E-state index is 0.131. The largest absolute Gasteiger partial charge is 0.457 e. The molecular weight excluding hydrogens is 340 g/mol. The first-order valence-corrected chi connectivity index (χ1v) is 7.33. The molecule has 0 saturated heterocycles. The minimum atomic E-state index is -0.131. The number of benzene rings is 1. The molecule has 0 spiro atoms. The van der Waals surface area contributed by atoms with Crippen molar-refractivity contribution in [3.05, 3.63) is 63.5 Å². The lowest BCUT2D eigenvalue weighted by molar-refractivity contribution is 0.485. The molecule has 1 aromatic carbocycles. The zero-order chi connectivity index (χ0) is 14.1. The summed E-state index contributed by atoms with van der Waals surface area (Å²) >= 11 is 9.68. The molecule has 0 saturated carbocycles. The Balaban J connectivity index is 2.12. The summed E-state index contributed by atoms with van der Waals surface area (Å²) in [5, 5.41) is 4.83. The number of para-hydroxylation sites is 1. The number of aromatic nitrogens is 1. The number of halogens is 2. The van der Waals surface area contributed by atoms with Gasteiger partial charge in [0.15, 0.2) is 5.58 Å². The third kappa shape index (κ3) is 2.35. The van der Waals surface area contributed by atoms with Gasteiger partial charge in [-0.25, -0.2) is 0 Å². The van der Waals surface area contributed by atoms with E-state index in [2.05, 4.69) is 26.2 Å². The van der Waals surface area contributed by atoms with Crippen LogP contribution in [0.25, 0.3) is 11.0 Å². The molecule has 0 aliphatic carbocycles. The fourth-order valence-corrected chi connectivity index (χ4v) is 2.92. The standard InChI is InChI=1S/C15H12BrClN2O/c1-18-14(13-10(16)5-3-7-19-13)12-8-9-4-2-6-11(17)15(9)20-12/h2-8,14,18H,1H3. The summed E-state index contributed by atoms with van der Waals surface area (Å²) in [4.78, 5) is 4.42. The lowest BCUT2D eigenvalue weighted by Gasteiger charge is -2.14. The Morgan fingerprint density at radius 2 is 2.15 bits per heavy atom. The molecule has 0 aliphatic rings. The van der Waals surface area contributed by atoms with E-state index in [-0.39, 0.29) is 6.04 Å². The Morgan fingerprint density at radius 1 is 1.30 bits per heavy atom. The van der Waals surface area contributed by atoms with Gasteiger partial charge in [0.05, 0.1) is 10.7 Å². The third-order valence-corrected chi connectivity index (χ3v) is 4.12. The summed E-state index contributed by atoms with van der Waals surface area (Å²) in [6.07, 6.45) is 1.76. The van der Waals surface area contributed by atoms with Crippen LogP contribution in [-0.2, 0) is 0 Å². The molecule has 0 radical (unpaired) electrons. The van der Waals surface area contributed by atoms with Crippen molar-refractivity contribution in [1.82, 2.24) is 10.3 Å². The average Bonchev–Trinajstić information content (AvgIpc) is 2.87. The maximum atomic E-state index is 6.16. The molecule has 0 fully saturated rings. The third-order valence-electron chi connectivity index (χ3n) is 3.15. The van der Waals surface area contributed by atoms with Crippen LogP contribution in [-0.4, -0.2) is 12.0 Å². The molecule has 0 amide bonds. The molecule has 0 bridgehead atoms. The molecule has 1 unspecified atom stereocenters. The summed E-state index contributed by atoms with van der Waals surface area (Å²) in [5.74, 6) is 0.787. The van der Waals surface area contributed by atoms with Crippen molar-refractivity contribution in [1.29, 1.82) is 0 Å². The van der Waals surface area contributed by atoms with Crippen molar-refractivity contribution in [2.24, 2.45) is 0 Å². The number of pyridine rings is 1. The normalized spacial score (nSPS) is 12.8. The SMILES string of the molecule is CNC(c1cc2cccc(Cl)c2o1)c1ncccc1Br. The monoisotopic (exact) mass is 350 g/mol. The molecular formula is C15H12BrClN2O. The first-order valence-electron chi connectivity index (χ1n) is 6.16. The second kappa shape index (κ2) is 5.56. The van der Waals surface area contributed by atoms with E-state index >= 15 is 0 Å². The molecule has 1 N–H and O–H groups in total. The zero-order valence-corrected chi connectivity index (χ0v) is 13.1. The molecule has 0 aliphatic heterocycles. The molecule has 2 heterocycles. The van der Waals surface area contributed by atoms with Gasteiger partial charge in [0.25, 0.3) is 0 Å². The van der Waals surface area contributed by atoms with Crippen LogP contribution in [0.4, 0.5) is 0 Å². The Morgan fingerprint density at radius 3 is 2.85 bits per heavy atom. The Bertz CT molecular complexity index is 756. The van der Waals surface area contributed by atoms with E-state index in [0.717, 1.165) is 21.3 Å². The van der Waals surface area contributed by atoms with Crippen LogP contribution in [0.15, 0.2) is 51.5 Å². The number of hydrogen-bond donors (Lipinski definition) is 1. The molecule has 3 nitrogen and oxygen atoms in total. The number of rotatable bonds is 3. The van der Waals surface area contributed by atoms with E-state index in [0.29, 0.717) is 10.6 Å². The molecule has 20 heavy (non-hydrogen) atoms. The van der Waals surface area contributed by atoms with Gasteiger partial charge in [0.2, 0.25) is 0 Å². The topological polar surface area (TPSA) is 38.1 Å². The van der Waals surface area contributed by atoms with Crippen LogP contribution in [0, 0.1) is 0 Å². The second-order valence-corrected chi connectivity index (χ2v) is 5.66. The van der Waals surface area contributed by atoms with Crippen LogP contribution in [0.2, 0.25) is 5.02 Å². The van der Waals surface area contributed by atoms with Crippen molar-refractivity contribution in [2.45, 2.75) is 6.04 Å². The lowest BCUT2D eigenvalue weighted by Crippen LogP contribution is -2.18. The number of nitrogens with zero attached hydrogens (tertiary/aromatic N) is 1. The first-order chi connectivity index (χ1) is 9.70. The van der Waals surface area contributed by atoms with Crippen LogP contribution in [0.5, 0.6) is 0 Å². The van der Waals surface area contributed by atoms with E-state index in [9.17, 15) is 0 Å². The summed E-state index contributed by atoms with van der Waals surface area (Å²) in [6.45, 7) is 0. The van der Waals surface area contributed by atoms with E-state index in [1.54, 1.807) is 6.20 Å². The molecule has 3 rings (SSSR count). The smallest absolute Gasteiger partial charge is 0.152 e. The Kier molecular flexibility index (Phi) is 3.78. The maximum Gasteiger partial charge on any atom is 0.152 e. The van der Waals surface area contributed by atoms with Gasteiger partial charge in [-0.15, -0.1) is 0 Å². The molecule has 2 aromatic heterocycles. The molecule has 102 valence electrons. The Hall–Kier alpha value is -1.36. The average molecular weight is 352 g/mol. The van der Waals surface area contributed by atoms with E-state index < -0.39 is 0 Å². The number of furan rings is 1. The van der Waals surface area contributed by atoms with Crippen LogP contribution in [0.1, 0.15) is 17.5 Å². The minimum Gasteiger partial charge on any atom is -0.457 e. The summed E-state index contributed by atoms with van der Waals surface area (Å²) < 4.78 is 6.84. The van der Waals surface area contributed by atoms with Crippen LogP contribution < -0.4 is 5.32 Å². The fourth-order valence-electron chi connectivity index (χ4n) is 2.21. The second-order valence-electron chi connectivity index (χ2n) is 4.40. The number of fused-ring (bicyclic) bond motifs is 1. The summed E-state index contributed by atoms with van der Waals surface area (Å²) in [7, 11) is 1.88. The van der Waals surface area contributed by atoms with Crippen molar-refractivity contribution in [3.8, 4) is 0 Å². The fraction of sp³-hybridized carbons (Fsp3) is 0.133. The van der Waals surface area contributed by atoms with Gasteiger partial charge in [0.1, 0.15) is 11.8 Å². The van der Waals surface area contributed by atoms with Gasteiger partial charge in [0, 0.05) is 16.1 Å². The van der Waals surface area contributed by atoms with Gasteiger partial charge >= 0.3 is 0 Å². The van der Waals surface area contributed by atoms with Gasteiger partial charge in [-0.1, -0.05) is 23.7 Å². The number of hydrogen-bond acceptors (Lipinski definition) is 3. The van der Waals surface area contributed by atoms with Crippen LogP contribution >= 0.6 is 27.5 Å². The van der Waals surface area contributed by atoms with Crippen molar-refractivity contribution in [3.63, 3.8) is 0 Å². The van der Waals surface area contributed by atoms with Crippen molar-refractivity contribution in [2.75, 3.05) is 7.05 Å². The predicted octanol–water partition coefficient (Wildman–Crippen LogP) is 4.55. The number of nitrogens with one attached hydrogen (secondary N) is 1. The summed E-state index contributed by atoms with van der Waals surface area (Å²) in [6, 6.07) is 11.4. The molecule has 1 atom stereocenters. The lowest BCUT2D eigenvalue weighted by atomic mass is 10.1. The highest BCUT2D eigenvalue weighted by Gasteiger charge is 2.20. The van der Waals surface area contributed by atoms with E-state index in [1.807, 2.05) is 43.4 Å². The zero-order valence-electron chi connectivity index (χ0n) is 10.7. The van der Waals surface area contributed by atoms with Crippen LogP contribution in [0.3, 0.4) is 0 Å². The highest BCUT2D eigenvalue weighted by Crippen LogP contribution is 2.33.